The number of hydrogen-bond acceptors (Lipinski definition) is 5. The molecule has 0 aliphatic carbocycles. The number of hydrogen-bond donors (Lipinski definition) is 1. The van der Waals surface area contributed by atoms with E-state index in [-0.39, 0.29) is 18.3 Å². The first-order valence-electron chi connectivity index (χ1n) is 7.58. The number of nitrogens with zero attached hydrogens (tertiary/aromatic N) is 3. The standard InChI is InChI=1S/C17H17FN4O2S/c1-10-11(2)24-15(21-10)9-19-16(23)14-8-20-17(25-3)22(14)13-6-4-12(18)5-7-13/h4-8H,9H2,1-3H3,(H,19,23). The molecular weight excluding hydrogens is 343 g/mol. The largest absolute Gasteiger partial charge is 0.444 e. The number of carbonyl (C=O) groups is 1. The van der Waals surface area contributed by atoms with Gasteiger partial charge in [-0.05, 0) is 44.4 Å². The van der Waals surface area contributed by atoms with Crippen molar-refractivity contribution < 1.29 is 13.6 Å². The van der Waals surface area contributed by atoms with Gasteiger partial charge in [-0.3, -0.25) is 9.36 Å². The minimum Gasteiger partial charge on any atom is -0.444 e. The van der Waals surface area contributed by atoms with Crippen molar-refractivity contribution >= 4 is 17.7 Å². The average molecular weight is 360 g/mol. The van der Waals surface area contributed by atoms with Crippen molar-refractivity contribution in [3.63, 3.8) is 0 Å². The first kappa shape index (κ1) is 17.2. The fourth-order valence-electron chi connectivity index (χ4n) is 2.34. The van der Waals surface area contributed by atoms with Crippen molar-refractivity contribution in [1.29, 1.82) is 0 Å². The van der Waals surface area contributed by atoms with Gasteiger partial charge >= 0.3 is 0 Å². The molecule has 0 aliphatic rings. The van der Waals surface area contributed by atoms with E-state index in [2.05, 4.69) is 15.3 Å². The molecule has 1 amide bonds. The maximum atomic E-state index is 13.2. The summed E-state index contributed by atoms with van der Waals surface area (Å²) in [6, 6.07) is 5.90. The van der Waals surface area contributed by atoms with Gasteiger partial charge in [0, 0.05) is 5.69 Å². The minimum absolute atomic E-state index is 0.177. The van der Waals surface area contributed by atoms with E-state index in [9.17, 15) is 9.18 Å². The molecule has 0 atom stereocenters. The van der Waals surface area contributed by atoms with Gasteiger partial charge in [-0.15, -0.1) is 0 Å². The maximum Gasteiger partial charge on any atom is 0.270 e. The first-order chi connectivity index (χ1) is 12.0. The van der Waals surface area contributed by atoms with E-state index in [0.717, 1.165) is 11.5 Å². The topological polar surface area (TPSA) is 73.0 Å². The van der Waals surface area contributed by atoms with E-state index in [1.807, 2.05) is 20.1 Å². The Morgan fingerprint density at radius 3 is 2.64 bits per heavy atom. The van der Waals surface area contributed by atoms with Crippen molar-refractivity contribution in [3.8, 4) is 5.69 Å². The minimum atomic E-state index is -0.338. The maximum absolute atomic E-state index is 13.2. The molecule has 25 heavy (non-hydrogen) atoms. The molecule has 0 bridgehead atoms. The number of rotatable bonds is 5. The van der Waals surface area contributed by atoms with Crippen LogP contribution in [0.3, 0.4) is 0 Å². The van der Waals surface area contributed by atoms with Crippen molar-refractivity contribution in [3.05, 3.63) is 59.3 Å². The van der Waals surface area contributed by atoms with Crippen LogP contribution in [0.25, 0.3) is 5.69 Å². The number of oxazole rings is 1. The fourth-order valence-corrected chi connectivity index (χ4v) is 2.88. The average Bonchev–Trinajstić information content (AvgIpc) is 3.17. The fraction of sp³-hybridized carbons (Fsp3) is 0.235. The lowest BCUT2D eigenvalue weighted by Crippen LogP contribution is -2.25. The molecule has 6 nitrogen and oxygen atoms in total. The van der Waals surface area contributed by atoms with E-state index in [4.69, 9.17) is 4.42 Å². The molecule has 3 aromatic rings. The van der Waals surface area contributed by atoms with E-state index >= 15 is 0 Å². The number of imidazole rings is 1. The number of halogens is 1. The molecule has 8 heteroatoms. The third kappa shape index (κ3) is 3.58. The summed E-state index contributed by atoms with van der Waals surface area (Å²) in [4.78, 5) is 21.1. The van der Waals surface area contributed by atoms with Crippen molar-refractivity contribution in [2.45, 2.75) is 25.5 Å². The van der Waals surface area contributed by atoms with Gasteiger partial charge in [-0.25, -0.2) is 14.4 Å². The Kier molecular flexibility index (Phi) is 4.89. The molecule has 0 saturated heterocycles. The Morgan fingerprint density at radius 1 is 1.32 bits per heavy atom. The van der Waals surface area contributed by atoms with Crippen LogP contribution in [0.4, 0.5) is 4.39 Å². The molecular formula is C17H17FN4O2S. The third-order valence-corrected chi connectivity index (χ3v) is 4.36. The van der Waals surface area contributed by atoms with Gasteiger partial charge in [0.05, 0.1) is 18.4 Å². The van der Waals surface area contributed by atoms with Gasteiger partial charge in [0.2, 0.25) is 5.89 Å². The smallest absolute Gasteiger partial charge is 0.270 e. The summed E-state index contributed by atoms with van der Waals surface area (Å²) < 4.78 is 20.3. The molecule has 130 valence electrons. The van der Waals surface area contributed by atoms with E-state index < -0.39 is 0 Å². The lowest BCUT2D eigenvalue weighted by Gasteiger charge is -2.10. The second kappa shape index (κ2) is 7.10. The lowest BCUT2D eigenvalue weighted by atomic mass is 10.3. The first-order valence-corrected chi connectivity index (χ1v) is 8.81. The number of thioether (sulfide) groups is 1. The molecule has 0 radical (unpaired) electrons. The van der Waals surface area contributed by atoms with Crippen LogP contribution < -0.4 is 5.32 Å². The lowest BCUT2D eigenvalue weighted by molar-refractivity contribution is 0.0939. The summed E-state index contributed by atoms with van der Waals surface area (Å²) in [7, 11) is 0. The highest BCUT2D eigenvalue weighted by Crippen LogP contribution is 2.22. The molecule has 1 N–H and O–H groups in total. The molecule has 0 saturated carbocycles. The summed E-state index contributed by atoms with van der Waals surface area (Å²) in [6.07, 6.45) is 3.36. The summed E-state index contributed by atoms with van der Waals surface area (Å²) in [5.41, 5.74) is 1.82. The molecule has 0 aliphatic heterocycles. The highest BCUT2D eigenvalue weighted by molar-refractivity contribution is 7.98. The zero-order valence-corrected chi connectivity index (χ0v) is 14.9. The van der Waals surface area contributed by atoms with E-state index in [1.54, 1.807) is 16.7 Å². The molecule has 0 fully saturated rings. The summed E-state index contributed by atoms with van der Waals surface area (Å²) in [5.74, 6) is 0.521. The molecule has 2 aromatic heterocycles. The third-order valence-electron chi connectivity index (χ3n) is 3.70. The van der Waals surface area contributed by atoms with Crippen LogP contribution in [0.15, 0.2) is 40.0 Å². The van der Waals surface area contributed by atoms with Crippen LogP contribution in [0.1, 0.15) is 27.8 Å². The monoisotopic (exact) mass is 360 g/mol. The predicted molar refractivity (Wildman–Crippen MR) is 92.5 cm³/mol. The van der Waals surface area contributed by atoms with Crippen LogP contribution in [0.2, 0.25) is 0 Å². The van der Waals surface area contributed by atoms with Gasteiger partial charge in [0.25, 0.3) is 5.91 Å². The second-order valence-corrected chi connectivity index (χ2v) is 6.15. The van der Waals surface area contributed by atoms with Crippen LogP contribution in [0.5, 0.6) is 0 Å². The summed E-state index contributed by atoms with van der Waals surface area (Å²) in [5, 5.41) is 3.41. The van der Waals surface area contributed by atoms with Gasteiger partial charge in [0.15, 0.2) is 5.16 Å². The van der Waals surface area contributed by atoms with Crippen LogP contribution in [0, 0.1) is 19.7 Å². The molecule has 3 rings (SSSR count). The van der Waals surface area contributed by atoms with Crippen molar-refractivity contribution in [1.82, 2.24) is 19.9 Å². The molecule has 1 aromatic carbocycles. The number of carbonyl (C=O) groups excluding carboxylic acids is 1. The van der Waals surface area contributed by atoms with E-state index in [0.29, 0.717) is 22.4 Å². The number of amides is 1. The zero-order valence-electron chi connectivity index (χ0n) is 14.0. The van der Waals surface area contributed by atoms with Crippen LogP contribution in [-0.2, 0) is 6.54 Å². The highest BCUT2D eigenvalue weighted by atomic mass is 32.2. The molecule has 2 heterocycles. The Balaban J connectivity index is 1.85. The number of aryl methyl sites for hydroxylation is 2. The van der Waals surface area contributed by atoms with Gasteiger partial charge in [-0.2, -0.15) is 0 Å². The number of benzene rings is 1. The van der Waals surface area contributed by atoms with Crippen LogP contribution in [-0.4, -0.2) is 26.7 Å². The Bertz CT molecular complexity index is 883. The molecule has 0 unspecified atom stereocenters. The van der Waals surface area contributed by atoms with Gasteiger partial charge < -0.3 is 9.73 Å². The SMILES string of the molecule is CSc1ncc(C(=O)NCc2nc(C)c(C)o2)n1-c1ccc(F)cc1. The molecule has 0 spiro atoms. The quantitative estimate of drug-likeness (QED) is 0.707. The zero-order chi connectivity index (χ0) is 18.0. The van der Waals surface area contributed by atoms with E-state index in [1.165, 1.54) is 30.1 Å². The summed E-state index contributed by atoms with van der Waals surface area (Å²) >= 11 is 1.40. The number of aromatic nitrogens is 3. The Labute approximate surface area is 148 Å². The Hall–Kier alpha value is -2.61. The second-order valence-electron chi connectivity index (χ2n) is 5.37. The van der Waals surface area contributed by atoms with Gasteiger partial charge in [-0.1, -0.05) is 11.8 Å². The number of nitrogens with one attached hydrogen (secondary N) is 1. The summed E-state index contributed by atoms with van der Waals surface area (Å²) in [6.45, 7) is 3.84. The normalized spacial score (nSPS) is 10.9. The highest BCUT2D eigenvalue weighted by Gasteiger charge is 2.18. The van der Waals surface area contributed by atoms with Crippen molar-refractivity contribution in [2.24, 2.45) is 0 Å². The Morgan fingerprint density at radius 2 is 2.04 bits per heavy atom. The van der Waals surface area contributed by atoms with Crippen molar-refractivity contribution in [2.75, 3.05) is 6.26 Å². The van der Waals surface area contributed by atoms with Gasteiger partial charge in [0.1, 0.15) is 17.3 Å². The predicted octanol–water partition coefficient (Wildman–Crippen LogP) is 3.27. The van der Waals surface area contributed by atoms with Crippen LogP contribution >= 0.6 is 11.8 Å².